The maximum absolute atomic E-state index is 11.7. The van der Waals surface area contributed by atoms with Crippen molar-refractivity contribution in [2.75, 3.05) is 26.9 Å². The van der Waals surface area contributed by atoms with Crippen molar-refractivity contribution in [1.29, 1.82) is 0 Å². The first-order valence-corrected chi connectivity index (χ1v) is 5.71. The molecule has 1 saturated carbocycles. The van der Waals surface area contributed by atoms with Gasteiger partial charge in [-0.05, 0) is 6.42 Å². The Morgan fingerprint density at radius 2 is 2.29 bits per heavy atom. The van der Waals surface area contributed by atoms with Crippen LogP contribution in [0, 0.1) is 11.8 Å². The molecule has 6 nitrogen and oxygen atoms in total. The summed E-state index contributed by atoms with van der Waals surface area (Å²) in [6.45, 7) is 1.48. The third kappa shape index (κ3) is 2.58. The minimum absolute atomic E-state index is 0.194. The highest BCUT2D eigenvalue weighted by molar-refractivity contribution is 5.89. The molecule has 0 aromatic rings. The van der Waals surface area contributed by atoms with Gasteiger partial charge in [-0.2, -0.15) is 0 Å². The number of hydrogen-bond donors (Lipinski definition) is 2. The van der Waals surface area contributed by atoms with E-state index in [4.69, 9.17) is 14.6 Å². The second-order valence-corrected chi connectivity index (χ2v) is 4.69. The first kappa shape index (κ1) is 12.3. The largest absolute Gasteiger partial charge is 0.481 e. The number of carboxylic acid groups (broad SMARTS) is 1. The van der Waals surface area contributed by atoms with Crippen molar-refractivity contribution < 1.29 is 24.2 Å². The number of rotatable bonds is 5. The average molecular weight is 243 g/mol. The fourth-order valence-corrected chi connectivity index (χ4v) is 2.10. The van der Waals surface area contributed by atoms with Gasteiger partial charge in [0.15, 0.2) is 0 Å². The molecule has 1 aliphatic heterocycles. The molecule has 3 atom stereocenters. The fraction of sp³-hybridized carbons (Fsp3) is 0.818. The van der Waals surface area contributed by atoms with E-state index >= 15 is 0 Å². The lowest BCUT2D eigenvalue weighted by Gasteiger charge is -2.25. The molecule has 6 heteroatoms. The summed E-state index contributed by atoms with van der Waals surface area (Å²) in [5.74, 6) is -1.96. The molecule has 2 fully saturated rings. The van der Waals surface area contributed by atoms with Gasteiger partial charge in [0.2, 0.25) is 5.91 Å². The molecule has 0 radical (unpaired) electrons. The summed E-state index contributed by atoms with van der Waals surface area (Å²) in [7, 11) is 1.60. The quantitative estimate of drug-likeness (QED) is 0.688. The zero-order chi connectivity index (χ0) is 12.5. The summed E-state index contributed by atoms with van der Waals surface area (Å²) in [6, 6.07) is 0. The van der Waals surface area contributed by atoms with E-state index in [-0.39, 0.29) is 11.8 Å². The summed E-state index contributed by atoms with van der Waals surface area (Å²) in [5, 5.41) is 11.5. The molecular weight excluding hydrogens is 226 g/mol. The van der Waals surface area contributed by atoms with E-state index < -0.39 is 17.5 Å². The van der Waals surface area contributed by atoms with Crippen LogP contribution in [0.1, 0.15) is 12.8 Å². The molecule has 0 bridgehead atoms. The summed E-state index contributed by atoms with van der Waals surface area (Å²) < 4.78 is 10.6. The highest BCUT2D eigenvalue weighted by Gasteiger charge is 2.48. The molecule has 1 heterocycles. The van der Waals surface area contributed by atoms with E-state index in [2.05, 4.69) is 5.32 Å². The summed E-state index contributed by atoms with van der Waals surface area (Å²) in [6.07, 6.45) is 1.19. The van der Waals surface area contributed by atoms with E-state index in [1.807, 2.05) is 0 Å². The first-order chi connectivity index (χ1) is 8.08. The van der Waals surface area contributed by atoms with Gasteiger partial charge in [0.1, 0.15) is 5.60 Å². The third-order valence-electron chi connectivity index (χ3n) is 3.53. The lowest BCUT2D eigenvalue weighted by atomic mass is 10.0. The molecular formula is C11H17NO5. The van der Waals surface area contributed by atoms with Crippen LogP contribution in [0.2, 0.25) is 0 Å². The van der Waals surface area contributed by atoms with Crippen LogP contribution in [0.3, 0.4) is 0 Å². The number of carbonyl (C=O) groups is 2. The van der Waals surface area contributed by atoms with Gasteiger partial charge in [-0.25, -0.2) is 0 Å². The van der Waals surface area contributed by atoms with Crippen molar-refractivity contribution in [1.82, 2.24) is 5.32 Å². The third-order valence-corrected chi connectivity index (χ3v) is 3.53. The number of hydrogen-bond acceptors (Lipinski definition) is 4. The molecule has 0 aromatic heterocycles. The van der Waals surface area contributed by atoms with Crippen LogP contribution in [0.15, 0.2) is 0 Å². The lowest BCUT2D eigenvalue weighted by Crippen LogP contribution is -2.45. The minimum atomic E-state index is -0.893. The normalized spacial score (nSPS) is 35.6. The molecule has 1 amide bonds. The Morgan fingerprint density at radius 1 is 1.53 bits per heavy atom. The lowest BCUT2D eigenvalue weighted by molar-refractivity contribution is -0.140. The number of ether oxygens (including phenoxy) is 2. The summed E-state index contributed by atoms with van der Waals surface area (Å²) >= 11 is 0. The van der Waals surface area contributed by atoms with Crippen LogP contribution >= 0.6 is 0 Å². The van der Waals surface area contributed by atoms with Crippen LogP contribution in [-0.2, 0) is 19.1 Å². The van der Waals surface area contributed by atoms with Crippen molar-refractivity contribution in [3.8, 4) is 0 Å². The highest BCUT2D eigenvalue weighted by atomic mass is 16.5. The van der Waals surface area contributed by atoms with Crippen molar-refractivity contribution in [3.63, 3.8) is 0 Å². The van der Waals surface area contributed by atoms with Crippen molar-refractivity contribution >= 4 is 11.9 Å². The molecule has 96 valence electrons. The van der Waals surface area contributed by atoms with Crippen LogP contribution in [0.5, 0.6) is 0 Å². The Kier molecular flexibility index (Phi) is 3.35. The van der Waals surface area contributed by atoms with Crippen LogP contribution in [0.4, 0.5) is 0 Å². The topological polar surface area (TPSA) is 84.9 Å². The van der Waals surface area contributed by atoms with Gasteiger partial charge >= 0.3 is 5.97 Å². The van der Waals surface area contributed by atoms with Gasteiger partial charge in [0, 0.05) is 26.7 Å². The average Bonchev–Trinajstić information content (AvgIpc) is 2.99. The van der Waals surface area contributed by atoms with Gasteiger partial charge < -0.3 is 19.9 Å². The Bertz CT molecular complexity index is 324. The molecule has 1 saturated heterocycles. The molecule has 0 aromatic carbocycles. The fourth-order valence-electron chi connectivity index (χ4n) is 2.10. The van der Waals surface area contributed by atoms with E-state index in [0.29, 0.717) is 26.2 Å². The van der Waals surface area contributed by atoms with Gasteiger partial charge in [-0.1, -0.05) is 0 Å². The van der Waals surface area contributed by atoms with E-state index in [0.717, 1.165) is 6.42 Å². The number of methoxy groups -OCH3 is 1. The van der Waals surface area contributed by atoms with Gasteiger partial charge in [-0.3, -0.25) is 9.59 Å². The van der Waals surface area contributed by atoms with E-state index in [9.17, 15) is 9.59 Å². The predicted molar refractivity (Wildman–Crippen MR) is 57.4 cm³/mol. The number of aliphatic carboxylic acids is 1. The van der Waals surface area contributed by atoms with Crippen LogP contribution < -0.4 is 5.32 Å². The van der Waals surface area contributed by atoms with Gasteiger partial charge in [0.25, 0.3) is 0 Å². The Morgan fingerprint density at radius 3 is 2.76 bits per heavy atom. The molecule has 2 aliphatic rings. The number of carboxylic acids is 1. The standard InChI is InChI=1S/C11H17NO5/c1-16-11(2-3-17-6-11)5-12-9(13)7-4-8(7)10(14)15/h7-8H,2-6H2,1H3,(H,12,13)(H,14,15). The predicted octanol–water partition coefficient (Wildman–Crippen LogP) is -0.371. The summed E-state index contributed by atoms with van der Waals surface area (Å²) in [4.78, 5) is 22.3. The Hall–Kier alpha value is -1.14. The van der Waals surface area contributed by atoms with Gasteiger partial charge in [0.05, 0.1) is 18.4 Å². The molecule has 3 unspecified atom stereocenters. The highest BCUT2D eigenvalue weighted by Crippen LogP contribution is 2.38. The monoisotopic (exact) mass is 243 g/mol. The Labute approximate surface area is 99.3 Å². The van der Waals surface area contributed by atoms with E-state index in [1.165, 1.54) is 0 Å². The zero-order valence-corrected chi connectivity index (χ0v) is 9.77. The minimum Gasteiger partial charge on any atom is -0.481 e. The molecule has 2 N–H and O–H groups in total. The van der Waals surface area contributed by atoms with Crippen molar-refractivity contribution in [3.05, 3.63) is 0 Å². The second-order valence-electron chi connectivity index (χ2n) is 4.69. The number of amides is 1. The van der Waals surface area contributed by atoms with Gasteiger partial charge in [-0.15, -0.1) is 0 Å². The molecule has 2 rings (SSSR count). The number of carbonyl (C=O) groups excluding carboxylic acids is 1. The second kappa shape index (κ2) is 4.62. The summed E-state index contributed by atoms with van der Waals surface area (Å²) in [5.41, 5.74) is -0.441. The zero-order valence-electron chi connectivity index (χ0n) is 9.77. The molecule has 0 spiro atoms. The van der Waals surface area contributed by atoms with Crippen molar-refractivity contribution in [2.24, 2.45) is 11.8 Å². The maximum atomic E-state index is 11.7. The smallest absolute Gasteiger partial charge is 0.307 e. The van der Waals surface area contributed by atoms with Crippen molar-refractivity contribution in [2.45, 2.75) is 18.4 Å². The Balaban J connectivity index is 1.78. The molecule has 17 heavy (non-hydrogen) atoms. The van der Waals surface area contributed by atoms with Crippen LogP contribution in [0.25, 0.3) is 0 Å². The van der Waals surface area contributed by atoms with E-state index in [1.54, 1.807) is 7.11 Å². The first-order valence-electron chi connectivity index (χ1n) is 5.71. The SMILES string of the molecule is COC1(CNC(=O)C2CC2C(=O)O)CCOC1. The molecule has 1 aliphatic carbocycles. The van der Waals surface area contributed by atoms with Crippen LogP contribution in [-0.4, -0.2) is 49.5 Å². The number of nitrogens with one attached hydrogen (secondary N) is 1. The maximum Gasteiger partial charge on any atom is 0.307 e.